The molecule has 0 bridgehead atoms. The van der Waals surface area contributed by atoms with Crippen molar-refractivity contribution >= 4 is 40.0 Å². The van der Waals surface area contributed by atoms with Crippen molar-refractivity contribution in [3.63, 3.8) is 0 Å². The summed E-state index contributed by atoms with van der Waals surface area (Å²) in [4.78, 5) is 33.2. The van der Waals surface area contributed by atoms with Crippen LogP contribution in [0.15, 0.2) is 48.5 Å². The molecule has 33 heavy (non-hydrogen) atoms. The van der Waals surface area contributed by atoms with Gasteiger partial charge in [-0.15, -0.1) is 5.10 Å². The average Bonchev–Trinajstić information content (AvgIpc) is 3.34. The van der Waals surface area contributed by atoms with E-state index in [1.807, 2.05) is 41.3 Å². The summed E-state index contributed by atoms with van der Waals surface area (Å²) < 4.78 is 1.65. The number of nitrogens with zero attached hydrogens (tertiary/aromatic N) is 7. The summed E-state index contributed by atoms with van der Waals surface area (Å²) in [5.41, 5.74) is 3.49. The minimum atomic E-state index is -0.0230. The number of fused-ring (bicyclic) bond motifs is 3. The van der Waals surface area contributed by atoms with Crippen molar-refractivity contribution in [1.29, 1.82) is 0 Å². The summed E-state index contributed by atoms with van der Waals surface area (Å²) in [6, 6.07) is 14.9. The fraction of sp³-hybridized carbons (Fsp3) is 0.304. The van der Waals surface area contributed by atoms with E-state index in [4.69, 9.17) is 0 Å². The summed E-state index contributed by atoms with van der Waals surface area (Å²) in [5, 5.41) is 15.2. The van der Waals surface area contributed by atoms with E-state index in [1.54, 1.807) is 35.6 Å². The first-order valence-electron chi connectivity index (χ1n) is 10.9. The Morgan fingerprint density at radius 2 is 1.76 bits per heavy atom. The average molecular weight is 444 g/mol. The van der Waals surface area contributed by atoms with Crippen molar-refractivity contribution in [2.24, 2.45) is 5.92 Å². The van der Waals surface area contributed by atoms with Gasteiger partial charge in [0.1, 0.15) is 0 Å². The SMILES string of the molecule is CN(C)C(=O)C1CCN(C(=O)c2ccc(Nc3nc4ccccc4n4nnnc34)cc2)CC1. The highest BCUT2D eigenvalue weighted by atomic mass is 16.2. The molecule has 1 N–H and O–H groups in total. The van der Waals surface area contributed by atoms with Gasteiger partial charge in [-0.25, -0.2) is 4.98 Å². The monoisotopic (exact) mass is 444 g/mol. The number of carbonyl (C=O) groups is 2. The molecule has 0 saturated carbocycles. The molecular weight excluding hydrogens is 420 g/mol. The first-order chi connectivity index (χ1) is 16.0. The second-order valence-electron chi connectivity index (χ2n) is 8.36. The zero-order valence-corrected chi connectivity index (χ0v) is 18.5. The van der Waals surface area contributed by atoms with Crippen molar-refractivity contribution in [3.05, 3.63) is 54.1 Å². The molecule has 3 heterocycles. The predicted molar refractivity (Wildman–Crippen MR) is 123 cm³/mol. The zero-order valence-electron chi connectivity index (χ0n) is 18.5. The lowest BCUT2D eigenvalue weighted by molar-refractivity contribution is -0.134. The van der Waals surface area contributed by atoms with Gasteiger partial charge >= 0.3 is 0 Å². The molecule has 168 valence electrons. The normalized spacial score (nSPS) is 14.5. The van der Waals surface area contributed by atoms with Gasteiger partial charge in [-0.3, -0.25) is 9.59 Å². The van der Waals surface area contributed by atoms with Gasteiger partial charge in [0.25, 0.3) is 5.91 Å². The lowest BCUT2D eigenvalue weighted by Gasteiger charge is -2.32. The molecule has 1 saturated heterocycles. The predicted octanol–water partition coefficient (Wildman–Crippen LogP) is 2.36. The summed E-state index contributed by atoms with van der Waals surface area (Å²) in [5.74, 6) is 0.640. The number of aromatic nitrogens is 5. The number of para-hydroxylation sites is 2. The first-order valence-corrected chi connectivity index (χ1v) is 10.9. The van der Waals surface area contributed by atoms with Crippen LogP contribution >= 0.6 is 0 Å². The molecule has 0 unspecified atom stereocenters. The number of tetrazole rings is 1. The molecule has 1 aliphatic heterocycles. The molecule has 1 aliphatic rings. The van der Waals surface area contributed by atoms with Gasteiger partial charge in [-0.2, -0.15) is 4.52 Å². The van der Waals surface area contributed by atoms with Gasteiger partial charge in [0.2, 0.25) is 11.6 Å². The number of rotatable bonds is 4. The van der Waals surface area contributed by atoms with Gasteiger partial charge < -0.3 is 15.1 Å². The highest BCUT2D eigenvalue weighted by molar-refractivity contribution is 5.95. The van der Waals surface area contributed by atoms with Crippen LogP contribution in [0, 0.1) is 5.92 Å². The highest BCUT2D eigenvalue weighted by Gasteiger charge is 2.28. The summed E-state index contributed by atoms with van der Waals surface area (Å²) in [6.07, 6.45) is 1.39. The van der Waals surface area contributed by atoms with E-state index >= 15 is 0 Å². The van der Waals surface area contributed by atoms with Crippen LogP contribution in [0.2, 0.25) is 0 Å². The maximum atomic E-state index is 12.9. The maximum Gasteiger partial charge on any atom is 0.253 e. The van der Waals surface area contributed by atoms with Gasteiger partial charge in [0.15, 0.2) is 5.82 Å². The number of amides is 2. The van der Waals surface area contributed by atoms with E-state index in [0.717, 1.165) is 16.7 Å². The van der Waals surface area contributed by atoms with Crippen LogP contribution in [0.25, 0.3) is 16.7 Å². The first kappa shape index (κ1) is 20.8. The van der Waals surface area contributed by atoms with Crippen molar-refractivity contribution in [1.82, 2.24) is 34.8 Å². The number of likely N-dealkylation sites (tertiary alicyclic amines) is 1. The highest BCUT2D eigenvalue weighted by Crippen LogP contribution is 2.24. The smallest absolute Gasteiger partial charge is 0.253 e. The summed E-state index contributed by atoms with van der Waals surface area (Å²) >= 11 is 0. The van der Waals surface area contributed by atoms with Gasteiger partial charge in [0, 0.05) is 44.4 Å². The van der Waals surface area contributed by atoms with Crippen molar-refractivity contribution in [2.45, 2.75) is 12.8 Å². The molecule has 2 aromatic carbocycles. The number of piperidine rings is 1. The van der Waals surface area contributed by atoms with E-state index in [-0.39, 0.29) is 17.7 Å². The molecule has 0 aliphatic carbocycles. The standard InChI is InChI=1S/C23H24N8O2/c1-29(2)22(32)16-11-13-30(14-12-16)23(33)15-7-9-17(10-8-15)24-20-21-26-27-28-31(21)19-6-4-3-5-18(19)25-20/h3-10,16H,11-14H2,1-2H3,(H,24,25). The molecule has 4 aromatic rings. The Labute approximate surface area is 190 Å². The fourth-order valence-electron chi connectivity index (χ4n) is 4.20. The van der Waals surface area contributed by atoms with E-state index in [2.05, 4.69) is 25.8 Å². The largest absolute Gasteiger partial charge is 0.349 e. The van der Waals surface area contributed by atoms with Crippen molar-refractivity contribution < 1.29 is 9.59 Å². The van der Waals surface area contributed by atoms with E-state index in [1.165, 1.54) is 0 Å². The van der Waals surface area contributed by atoms with Crippen molar-refractivity contribution in [2.75, 3.05) is 32.5 Å². The molecule has 5 rings (SSSR count). The summed E-state index contributed by atoms with van der Waals surface area (Å²) in [7, 11) is 3.54. The van der Waals surface area contributed by atoms with E-state index in [9.17, 15) is 9.59 Å². The van der Waals surface area contributed by atoms with E-state index in [0.29, 0.717) is 43.0 Å². The fourth-order valence-corrected chi connectivity index (χ4v) is 4.20. The molecule has 0 radical (unpaired) electrons. The molecule has 2 aromatic heterocycles. The molecule has 1 fully saturated rings. The Balaban J connectivity index is 1.30. The minimum Gasteiger partial charge on any atom is -0.349 e. The van der Waals surface area contributed by atoms with Crippen LogP contribution in [-0.2, 0) is 4.79 Å². The summed E-state index contributed by atoms with van der Waals surface area (Å²) in [6.45, 7) is 1.17. The number of anilines is 2. The third-order valence-electron chi connectivity index (χ3n) is 5.99. The number of hydrogen-bond donors (Lipinski definition) is 1. The number of hydrogen-bond acceptors (Lipinski definition) is 7. The van der Waals surface area contributed by atoms with Crippen LogP contribution < -0.4 is 5.32 Å². The third-order valence-corrected chi connectivity index (χ3v) is 5.99. The van der Waals surface area contributed by atoms with Gasteiger partial charge in [0.05, 0.1) is 11.0 Å². The van der Waals surface area contributed by atoms with E-state index < -0.39 is 0 Å². The topological polar surface area (TPSA) is 109 Å². The molecule has 0 spiro atoms. The Morgan fingerprint density at radius 3 is 2.48 bits per heavy atom. The number of carbonyl (C=O) groups excluding carboxylic acids is 2. The minimum absolute atomic E-state index is 0.00596. The number of benzene rings is 2. The molecule has 0 atom stereocenters. The quantitative estimate of drug-likeness (QED) is 0.515. The number of nitrogens with one attached hydrogen (secondary N) is 1. The molecule has 2 amide bonds. The third kappa shape index (κ3) is 3.95. The zero-order chi connectivity index (χ0) is 22.9. The van der Waals surface area contributed by atoms with Gasteiger partial charge in [-0.05, 0) is 59.7 Å². The van der Waals surface area contributed by atoms with Crippen LogP contribution in [0.1, 0.15) is 23.2 Å². The molecular formula is C23H24N8O2. The van der Waals surface area contributed by atoms with Crippen LogP contribution in [-0.4, -0.2) is 73.8 Å². The van der Waals surface area contributed by atoms with Crippen LogP contribution in [0.5, 0.6) is 0 Å². The Kier molecular flexibility index (Phi) is 5.33. The van der Waals surface area contributed by atoms with Gasteiger partial charge in [-0.1, -0.05) is 12.1 Å². The lowest BCUT2D eigenvalue weighted by Crippen LogP contribution is -2.42. The molecule has 10 nitrogen and oxygen atoms in total. The lowest BCUT2D eigenvalue weighted by atomic mass is 9.95. The Morgan fingerprint density at radius 1 is 1.03 bits per heavy atom. The second-order valence-corrected chi connectivity index (χ2v) is 8.36. The van der Waals surface area contributed by atoms with Crippen molar-refractivity contribution in [3.8, 4) is 0 Å². The molecule has 10 heteroatoms. The second kappa shape index (κ2) is 8.45. The van der Waals surface area contributed by atoms with Crippen LogP contribution in [0.4, 0.5) is 11.5 Å². The van der Waals surface area contributed by atoms with Crippen LogP contribution in [0.3, 0.4) is 0 Å². The maximum absolute atomic E-state index is 12.9. The Bertz CT molecular complexity index is 1320. The Hall–Kier alpha value is -4.08.